The van der Waals surface area contributed by atoms with Crippen molar-refractivity contribution in [1.29, 1.82) is 0 Å². The molecular weight excluding hydrogens is 540 g/mol. The Kier molecular flexibility index (Phi) is 8.18. The van der Waals surface area contributed by atoms with Gasteiger partial charge in [0.05, 0.1) is 0 Å². The summed E-state index contributed by atoms with van der Waals surface area (Å²) in [6.07, 6.45) is 5.03. The van der Waals surface area contributed by atoms with Gasteiger partial charge >= 0.3 is 0 Å². The maximum absolute atomic E-state index is 4.95. The number of allylic oxidation sites excluding steroid dienone is 9. The van der Waals surface area contributed by atoms with Crippen molar-refractivity contribution in [3.8, 4) is 0 Å². The summed E-state index contributed by atoms with van der Waals surface area (Å²) in [6, 6.07) is 11.3. The first-order valence-corrected chi connectivity index (χ1v) is 16.9. The van der Waals surface area contributed by atoms with Gasteiger partial charge in [0.15, 0.2) is 0 Å². The molecule has 2 aromatic carbocycles. The van der Waals surface area contributed by atoms with E-state index in [1.807, 2.05) is 0 Å². The van der Waals surface area contributed by atoms with Gasteiger partial charge in [-0.2, -0.15) is 0 Å². The molecular formula is C45H56. The van der Waals surface area contributed by atoms with Gasteiger partial charge in [-0.1, -0.05) is 126 Å². The summed E-state index contributed by atoms with van der Waals surface area (Å²) >= 11 is 0. The normalized spacial score (nSPS) is 26.1. The van der Waals surface area contributed by atoms with E-state index in [9.17, 15) is 0 Å². The molecule has 0 spiro atoms. The summed E-state index contributed by atoms with van der Waals surface area (Å²) in [7, 11) is 0. The highest BCUT2D eigenvalue weighted by Crippen LogP contribution is 2.70. The Morgan fingerprint density at radius 3 is 2.04 bits per heavy atom. The highest BCUT2D eigenvalue weighted by Gasteiger charge is 2.59. The molecule has 0 N–H and O–H groups in total. The van der Waals surface area contributed by atoms with Crippen molar-refractivity contribution in [2.45, 2.75) is 107 Å². The lowest BCUT2D eigenvalue weighted by Crippen LogP contribution is -2.52. The molecule has 0 aliphatic heterocycles. The topological polar surface area (TPSA) is 0 Å². The van der Waals surface area contributed by atoms with Crippen molar-refractivity contribution in [3.05, 3.63) is 141 Å². The second-order valence-corrected chi connectivity index (χ2v) is 16.0. The molecule has 0 aromatic heterocycles. The average molecular weight is 597 g/mol. The lowest BCUT2D eigenvalue weighted by atomic mass is 9.41. The molecule has 3 aliphatic rings. The first kappa shape index (κ1) is 33.0. The predicted molar refractivity (Wildman–Crippen MR) is 199 cm³/mol. The maximum atomic E-state index is 4.95. The molecule has 0 nitrogen and oxygen atoms in total. The van der Waals surface area contributed by atoms with E-state index in [4.69, 9.17) is 13.2 Å². The zero-order chi connectivity index (χ0) is 33.4. The van der Waals surface area contributed by atoms with Crippen molar-refractivity contribution >= 4 is 11.1 Å². The van der Waals surface area contributed by atoms with Crippen LogP contribution < -0.4 is 0 Å². The Labute approximate surface area is 275 Å². The number of fused-ring (bicyclic) bond motifs is 3. The summed E-state index contributed by atoms with van der Waals surface area (Å²) in [6.45, 7) is 46.2. The van der Waals surface area contributed by atoms with Crippen molar-refractivity contribution in [1.82, 2.24) is 0 Å². The number of hydrogen-bond acceptors (Lipinski definition) is 0. The smallest absolute Gasteiger partial charge is 0.0194 e. The van der Waals surface area contributed by atoms with Gasteiger partial charge in [0.1, 0.15) is 0 Å². The van der Waals surface area contributed by atoms with Crippen LogP contribution in [0.4, 0.5) is 0 Å². The molecule has 0 bridgehead atoms. The van der Waals surface area contributed by atoms with Crippen LogP contribution in [0.3, 0.4) is 0 Å². The fourth-order valence-corrected chi connectivity index (χ4v) is 9.91. The van der Waals surface area contributed by atoms with Gasteiger partial charge in [0, 0.05) is 5.41 Å². The van der Waals surface area contributed by atoms with E-state index in [-0.39, 0.29) is 16.2 Å². The summed E-state index contributed by atoms with van der Waals surface area (Å²) in [4.78, 5) is 0. The predicted octanol–water partition coefficient (Wildman–Crippen LogP) is 12.7. The van der Waals surface area contributed by atoms with Crippen LogP contribution in [0.25, 0.3) is 11.1 Å². The molecule has 0 amide bonds. The van der Waals surface area contributed by atoms with Gasteiger partial charge in [0.2, 0.25) is 0 Å². The van der Waals surface area contributed by atoms with E-state index in [2.05, 4.69) is 119 Å². The second-order valence-electron chi connectivity index (χ2n) is 16.0. The minimum absolute atomic E-state index is 0.0286. The van der Waals surface area contributed by atoms with E-state index < -0.39 is 0 Å². The summed E-state index contributed by atoms with van der Waals surface area (Å²) in [5, 5.41) is 0. The number of rotatable bonds is 7. The molecule has 3 aliphatic carbocycles. The van der Waals surface area contributed by atoms with E-state index >= 15 is 0 Å². The lowest BCUT2D eigenvalue weighted by Gasteiger charge is -2.62. The highest BCUT2D eigenvalue weighted by atomic mass is 14.6. The fraction of sp³-hybridized carbons (Fsp3) is 0.422. The monoisotopic (exact) mass is 596 g/mol. The molecule has 0 saturated carbocycles. The third-order valence-electron chi connectivity index (χ3n) is 12.1. The standard InChI is InChI=1S/C45H56/c1-26(2)36-18-16-35(17-19-36)20-29(7)21-37-22-38(27(3)4)39-24-43(13)25-44(14)23-30(8)40(28(5)6)33(11)45(44,15)34(12)42(43)32(10)41(39)31(37)9/h16-19,22,27H,1,5,7,10-11,20-21,23-25H2,2-4,6,8-9,12-15H3/t43-,44+,45-/m1/s1. The fourth-order valence-electron chi connectivity index (χ4n) is 9.91. The molecule has 0 unspecified atom stereocenters. The van der Waals surface area contributed by atoms with Gasteiger partial charge < -0.3 is 0 Å². The molecule has 0 fully saturated rings. The van der Waals surface area contributed by atoms with Crippen molar-refractivity contribution < 1.29 is 0 Å². The molecule has 236 valence electrons. The Balaban J connectivity index is 1.61. The Morgan fingerprint density at radius 1 is 0.867 bits per heavy atom. The molecule has 3 atom stereocenters. The van der Waals surface area contributed by atoms with Crippen LogP contribution in [0.5, 0.6) is 0 Å². The maximum Gasteiger partial charge on any atom is 0.0194 e. The van der Waals surface area contributed by atoms with Crippen LogP contribution >= 0.6 is 0 Å². The quantitative estimate of drug-likeness (QED) is 0.279. The van der Waals surface area contributed by atoms with Crippen molar-refractivity contribution in [2.75, 3.05) is 0 Å². The molecule has 0 radical (unpaired) electrons. The highest BCUT2D eigenvalue weighted by molar-refractivity contribution is 5.87. The molecule has 5 rings (SSSR count). The Morgan fingerprint density at radius 2 is 1.49 bits per heavy atom. The van der Waals surface area contributed by atoms with Crippen LogP contribution in [0.2, 0.25) is 0 Å². The zero-order valence-electron chi connectivity index (χ0n) is 30.0. The van der Waals surface area contributed by atoms with E-state index in [1.54, 1.807) is 0 Å². The van der Waals surface area contributed by atoms with Crippen molar-refractivity contribution in [3.63, 3.8) is 0 Å². The van der Waals surface area contributed by atoms with Gasteiger partial charge in [-0.05, 0) is 145 Å². The van der Waals surface area contributed by atoms with Crippen LogP contribution in [0.1, 0.15) is 120 Å². The third kappa shape index (κ3) is 5.04. The minimum atomic E-state index is -0.142. The number of hydrogen-bond donors (Lipinski definition) is 0. The largest absolute Gasteiger partial charge is 0.0992 e. The van der Waals surface area contributed by atoms with Crippen LogP contribution in [-0.2, 0) is 19.3 Å². The second kappa shape index (κ2) is 11.2. The average Bonchev–Trinajstić information content (AvgIpc) is 2.91. The molecule has 0 heteroatoms. The van der Waals surface area contributed by atoms with Crippen molar-refractivity contribution in [2.24, 2.45) is 16.2 Å². The Hall–Kier alpha value is -3.38. The molecule has 45 heavy (non-hydrogen) atoms. The van der Waals surface area contributed by atoms with E-state index in [1.165, 1.54) is 78.0 Å². The van der Waals surface area contributed by atoms with E-state index in [0.717, 1.165) is 43.3 Å². The third-order valence-corrected chi connectivity index (χ3v) is 12.1. The van der Waals surface area contributed by atoms with Gasteiger partial charge in [-0.25, -0.2) is 0 Å². The Bertz CT molecular complexity index is 1740. The first-order chi connectivity index (χ1) is 20.9. The van der Waals surface area contributed by atoms with Gasteiger partial charge in [-0.15, -0.1) is 0 Å². The van der Waals surface area contributed by atoms with Crippen LogP contribution in [0, 0.1) is 23.2 Å². The number of benzene rings is 2. The van der Waals surface area contributed by atoms with E-state index in [0.29, 0.717) is 5.92 Å². The molecule has 0 saturated heterocycles. The molecule has 0 heterocycles. The summed E-state index contributed by atoms with van der Waals surface area (Å²) < 4.78 is 0. The zero-order valence-corrected chi connectivity index (χ0v) is 30.0. The molecule has 2 aromatic rings. The van der Waals surface area contributed by atoms with Gasteiger partial charge in [0.25, 0.3) is 0 Å². The SMILES string of the molecule is C=C(Cc1ccc(C(=C)C)cc1)Cc1cc(C(C)C)c2c(c1C)C(=C)C1=C(C)[C@@]3(C)C(=C)C(C(=C)C)=C(C)C[C@@]3(C)C[C@@]1(C)C2. The van der Waals surface area contributed by atoms with Crippen LogP contribution in [0.15, 0.2) is 102 Å². The van der Waals surface area contributed by atoms with Crippen LogP contribution in [-0.4, -0.2) is 0 Å². The van der Waals surface area contributed by atoms with Gasteiger partial charge in [-0.3, -0.25) is 0 Å². The summed E-state index contributed by atoms with van der Waals surface area (Å²) in [5.41, 5.74) is 21.3. The summed E-state index contributed by atoms with van der Waals surface area (Å²) in [5.74, 6) is 0.436. The minimum Gasteiger partial charge on any atom is -0.0992 e. The lowest BCUT2D eigenvalue weighted by molar-refractivity contribution is 0.0543. The first-order valence-electron chi connectivity index (χ1n) is 16.9.